The van der Waals surface area contributed by atoms with Gasteiger partial charge in [-0.1, -0.05) is 27.7 Å². The Bertz CT molecular complexity index is 1170. The fourth-order valence-electron chi connectivity index (χ4n) is 5.04. The Kier molecular flexibility index (Phi) is 17.2. The number of primary amides is 3. The second-order valence-electron chi connectivity index (χ2n) is 12.6. The van der Waals surface area contributed by atoms with Gasteiger partial charge in [0.15, 0.2) is 0 Å². The Labute approximate surface area is 280 Å². The van der Waals surface area contributed by atoms with E-state index in [1.165, 1.54) is 4.90 Å². The van der Waals surface area contributed by atoms with Crippen molar-refractivity contribution < 1.29 is 38.4 Å². The van der Waals surface area contributed by atoms with Gasteiger partial charge in [-0.3, -0.25) is 38.4 Å². The number of nitrogens with zero attached hydrogens (tertiary/aromatic N) is 1. The van der Waals surface area contributed by atoms with Crippen LogP contribution in [0.5, 0.6) is 0 Å². The molecule has 1 rings (SSSR count). The summed E-state index contributed by atoms with van der Waals surface area (Å²) in [6.45, 7) is 7.65. The van der Waals surface area contributed by atoms with Crippen LogP contribution >= 0.6 is 12.6 Å². The lowest BCUT2D eigenvalue weighted by Gasteiger charge is -2.30. The zero-order chi connectivity index (χ0) is 36.0. The minimum absolute atomic E-state index is 0.0141. The first-order valence-electron chi connectivity index (χ1n) is 15.6. The number of nitrogens with one attached hydrogen (secondary N) is 4. The predicted octanol–water partition coefficient (Wildman–Crippen LogP) is -3.11. The summed E-state index contributed by atoms with van der Waals surface area (Å²) >= 11 is 4.19. The zero-order valence-corrected chi connectivity index (χ0v) is 28.3. The van der Waals surface area contributed by atoms with Gasteiger partial charge < -0.3 is 49.1 Å². The molecule has 47 heavy (non-hydrogen) atoms. The van der Waals surface area contributed by atoms with Crippen LogP contribution in [0.3, 0.4) is 0 Å². The van der Waals surface area contributed by atoms with E-state index < -0.39 is 89.9 Å². The zero-order valence-electron chi connectivity index (χ0n) is 27.5. The van der Waals surface area contributed by atoms with Crippen molar-refractivity contribution in [1.29, 1.82) is 0 Å². The Hall–Kier alpha value is -3.93. The molecule has 1 aliphatic heterocycles. The van der Waals surface area contributed by atoms with Crippen LogP contribution in [0, 0.1) is 11.8 Å². The molecule has 1 heterocycles. The minimum Gasteiger partial charge on any atom is -0.370 e. The van der Waals surface area contributed by atoms with E-state index >= 15 is 0 Å². The number of likely N-dealkylation sites (tertiary alicyclic amines) is 1. The molecular weight excluding hydrogens is 634 g/mol. The number of nitrogens with two attached hydrogens (primary N) is 4. The first-order valence-corrected chi connectivity index (χ1v) is 16.2. The number of rotatable bonds is 20. The van der Waals surface area contributed by atoms with Gasteiger partial charge in [0.1, 0.15) is 30.2 Å². The van der Waals surface area contributed by atoms with Gasteiger partial charge in [0.2, 0.25) is 47.3 Å². The van der Waals surface area contributed by atoms with Crippen LogP contribution in [-0.4, -0.2) is 101 Å². The van der Waals surface area contributed by atoms with Crippen LogP contribution in [0.1, 0.15) is 72.6 Å². The Morgan fingerprint density at radius 2 is 1.28 bits per heavy atom. The molecule has 1 saturated heterocycles. The molecule has 12 N–H and O–H groups in total. The second kappa shape index (κ2) is 19.7. The van der Waals surface area contributed by atoms with Gasteiger partial charge in [-0.05, 0) is 43.9 Å². The third kappa shape index (κ3) is 14.2. The van der Waals surface area contributed by atoms with Crippen LogP contribution in [-0.2, 0) is 38.4 Å². The number of hydrogen-bond donors (Lipinski definition) is 9. The van der Waals surface area contributed by atoms with Crippen molar-refractivity contribution in [3.63, 3.8) is 0 Å². The van der Waals surface area contributed by atoms with E-state index in [4.69, 9.17) is 22.9 Å². The predicted molar refractivity (Wildman–Crippen MR) is 175 cm³/mol. The number of thiol groups is 1. The quantitative estimate of drug-likeness (QED) is 0.0586. The highest BCUT2D eigenvalue weighted by atomic mass is 32.1. The summed E-state index contributed by atoms with van der Waals surface area (Å²) in [5, 5.41) is 10.1. The summed E-state index contributed by atoms with van der Waals surface area (Å²) in [7, 11) is 0. The third-order valence-electron chi connectivity index (χ3n) is 7.42. The first-order chi connectivity index (χ1) is 21.9. The Morgan fingerprint density at radius 1 is 0.745 bits per heavy atom. The van der Waals surface area contributed by atoms with Crippen LogP contribution in [0.15, 0.2) is 0 Å². The topological polar surface area (TPSA) is 292 Å². The Balaban J connectivity index is 3.06. The molecule has 0 spiro atoms. The smallest absolute Gasteiger partial charge is 0.246 e. The van der Waals surface area contributed by atoms with Gasteiger partial charge in [0, 0.05) is 18.7 Å². The molecule has 0 aromatic rings. The fourth-order valence-corrected chi connectivity index (χ4v) is 5.29. The van der Waals surface area contributed by atoms with E-state index in [-0.39, 0.29) is 49.8 Å². The van der Waals surface area contributed by atoms with Gasteiger partial charge in [-0.15, -0.1) is 0 Å². The number of hydrogen-bond acceptors (Lipinski definition) is 10. The van der Waals surface area contributed by atoms with Crippen LogP contribution in [0.2, 0.25) is 0 Å². The van der Waals surface area contributed by atoms with Crippen LogP contribution < -0.4 is 44.2 Å². The van der Waals surface area contributed by atoms with Gasteiger partial charge >= 0.3 is 0 Å². The van der Waals surface area contributed by atoms with E-state index in [0.29, 0.717) is 12.8 Å². The maximum atomic E-state index is 13.6. The van der Waals surface area contributed by atoms with E-state index in [1.807, 2.05) is 27.7 Å². The van der Waals surface area contributed by atoms with Crippen molar-refractivity contribution in [3.8, 4) is 0 Å². The summed E-state index contributed by atoms with van der Waals surface area (Å²) in [4.78, 5) is 102. The molecule has 1 fully saturated rings. The van der Waals surface area contributed by atoms with Gasteiger partial charge in [0.25, 0.3) is 0 Å². The van der Waals surface area contributed by atoms with Crippen LogP contribution in [0.4, 0.5) is 0 Å². The molecule has 17 nitrogen and oxygen atoms in total. The lowest BCUT2D eigenvalue weighted by atomic mass is 10.00. The summed E-state index contributed by atoms with van der Waals surface area (Å²) in [5.41, 5.74) is 21.6. The molecule has 0 radical (unpaired) electrons. The molecule has 6 atom stereocenters. The first kappa shape index (κ1) is 41.1. The van der Waals surface area contributed by atoms with E-state index in [2.05, 4.69) is 33.9 Å². The largest absolute Gasteiger partial charge is 0.370 e. The molecule has 0 aliphatic carbocycles. The van der Waals surface area contributed by atoms with E-state index in [9.17, 15) is 38.4 Å². The van der Waals surface area contributed by atoms with Crippen molar-refractivity contribution in [1.82, 2.24) is 26.2 Å². The normalized spacial score (nSPS) is 17.6. The highest BCUT2D eigenvalue weighted by molar-refractivity contribution is 7.80. The fraction of sp³-hybridized carbons (Fsp3) is 0.724. The summed E-state index contributed by atoms with van der Waals surface area (Å²) < 4.78 is 0. The monoisotopic (exact) mass is 685 g/mol. The van der Waals surface area contributed by atoms with Crippen LogP contribution in [0.25, 0.3) is 0 Å². The number of amides is 8. The Morgan fingerprint density at radius 3 is 1.79 bits per heavy atom. The summed E-state index contributed by atoms with van der Waals surface area (Å²) in [5.74, 6) is -6.04. The molecule has 0 bridgehead atoms. The molecule has 0 aromatic carbocycles. The molecule has 18 heteroatoms. The maximum absolute atomic E-state index is 13.6. The second-order valence-corrected chi connectivity index (χ2v) is 12.9. The van der Waals surface area contributed by atoms with Crippen molar-refractivity contribution in [3.05, 3.63) is 0 Å². The summed E-state index contributed by atoms with van der Waals surface area (Å²) in [6, 6.07) is -6.89. The lowest BCUT2D eigenvalue weighted by Crippen LogP contribution is -2.60. The van der Waals surface area contributed by atoms with Gasteiger partial charge in [0.05, 0.1) is 12.5 Å². The molecule has 0 unspecified atom stereocenters. The minimum atomic E-state index is -1.50. The van der Waals surface area contributed by atoms with E-state index in [0.717, 1.165) is 0 Å². The summed E-state index contributed by atoms with van der Waals surface area (Å²) in [6.07, 6.45) is 0.399. The maximum Gasteiger partial charge on any atom is 0.246 e. The molecule has 266 valence electrons. The molecule has 0 aromatic heterocycles. The molecular formula is C29H51N9O8S. The highest BCUT2D eigenvalue weighted by Gasteiger charge is 2.39. The highest BCUT2D eigenvalue weighted by Crippen LogP contribution is 2.20. The average molecular weight is 686 g/mol. The van der Waals surface area contributed by atoms with Crippen molar-refractivity contribution in [2.24, 2.45) is 34.8 Å². The number of carbonyl (C=O) groups is 8. The van der Waals surface area contributed by atoms with Crippen molar-refractivity contribution in [2.45, 2.75) is 109 Å². The van der Waals surface area contributed by atoms with Crippen molar-refractivity contribution in [2.75, 3.05) is 12.3 Å². The van der Waals surface area contributed by atoms with Crippen molar-refractivity contribution >= 4 is 59.9 Å². The van der Waals surface area contributed by atoms with Gasteiger partial charge in [-0.2, -0.15) is 12.6 Å². The third-order valence-corrected chi connectivity index (χ3v) is 7.78. The number of carbonyl (C=O) groups excluding carboxylic acids is 8. The standard InChI is InChI=1S/C29H51N9O8S/c1-14(2)10-17(24(33)41)34-26(43)18(11-15(3)4)36-28(45)21-6-5-9-38(21)29(46)20(13-47)37-27(44)19(12-23(32)40)35-25(42)16(30)7-8-22(31)39/h14-21,47H,5-13,30H2,1-4H3,(H2,31,39)(H2,32,40)(H2,33,41)(H,34,43)(H,35,42)(H,36,45)(H,37,44)/t16-,17-,18-,19-,20-,21-/m0/s1. The SMILES string of the molecule is CC(C)C[C@H](NC(=O)[C@H](CC(C)C)NC(=O)[C@@H]1CCCN1C(=O)[C@H](CS)NC(=O)[C@H](CC(N)=O)NC(=O)[C@@H](N)CCC(N)=O)C(N)=O. The lowest BCUT2D eigenvalue weighted by molar-refractivity contribution is -0.142. The average Bonchev–Trinajstić information content (AvgIpc) is 3.46. The van der Waals surface area contributed by atoms with E-state index in [1.54, 1.807) is 0 Å². The molecule has 8 amide bonds. The van der Waals surface area contributed by atoms with Gasteiger partial charge in [-0.25, -0.2) is 0 Å². The molecule has 0 saturated carbocycles. The molecule has 1 aliphatic rings.